The Bertz CT molecular complexity index is 554. The maximum absolute atomic E-state index is 12.9. The minimum atomic E-state index is -0.354. The molecule has 1 aromatic rings. The average molecular weight is 336 g/mol. The van der Waals surface area contributed by atoms with Crippen LogP contribution >= 0.6 is 0 Å². The fraction of sp³-hybridized carbons (Fsp3) is 0.556. The monoisotopic (exact) mass is 336 g/mol. The van der Waals surface area contributed by atoms with E-state index in [1.807, 2.05) is 7.05 Å². The molecule has 24 heavy (non-hydrogen) atoms. The number of carbonyl (C=O) groups is 2. The molecule has 0 radical (unpaired) electrons. The summed E-state index contributed by atoms with van der Waals surface area (Å²) in [6.07, 6.45) is 2.15. The van der Waals surface area contributed by atoms with Crippen molar-refractivity contribution >= 4 is 11.8 Å². The number of benzene rings is 1. The minimum Gasteiger partial charge on any atom is -0.385 e. The molecule has 0 spiro atoms. The zero-order chi connectivity index (χ0) is 17.5. The van der Waals surface area contributed by atoms with Crippen molar-refractivity contribution in [3.05, 3.63) is 35.6 Å². The lowest BCUT2D eigenvalue weighted by Gasteiger charge is -2.33. The number of piperidine rings is 1. The first-order valence-corrected chi connectivity index (χ1v) is 8.31. The largest absolute Gasteiger partial charge is 0.385 e. The first kappa shape index (κ1) is 18.4. The summed E-state index contributed by atoms with van der Waals surface area (Å²) in [6, 6.07) is 5.58. The SMILES string of the molecule is COCCCN(C)C(=O)C1CCN(C(=O)c2ccc(F)cc2)CC1. The van der Waals surface area contributed by atoms with Crippen LogP contribution < -0.4 is 0 Å². The van der Waals surface area contributed by atoms with E-state index in [-0.39, 0.29) is 23.5 Å². The quantitative estimate of drug-likeness (QED) is 0.748. The molecule has 6 heteroatoms. The van der Waals surface area contributed by atoms with Gasteiger partial charge in [0.25, 0.3) is 5.91 Å². The molecular formula is C18H25FN2O3. The van der Waals surface area contributed by atoms with E-state index in [2.05, 4.69) is 0 Å². The highest BCUT2D eigenvalue weighted by Gasteiger charge is 2.29. The lowest BCUT2D eigenvalue weighted by molar-refractivity contribution is -0.135. The molecule has 132 valence electrons. The van der Waals surface area contributed by atoms with Crippen LogP contribution in [0.2, 0.25) is 0 Å². The third-order valence-corrected chi connectivity index (χ3v) is 4.44. The van der Waals surface area contributed by atoms with Gasteiger partial charge in [0.2, 0.25) is 5.91 Å². The molecule has 0 atom stereocenters. The summed E-state index contributed by atoms with van der Waals surface area (Å²) in [5.74, 6) is -0.350. The number of rotatable bonds is 6. The van der Waals surface area contributed by atoms with Gasteiger partial charge in [-0.25, -0.2) is 4.39 Å². The summed E-state index contributed by atoms with van der Waals surface area (Å²) in [5.41, 5.74) is 0.484. The van der Waals surface area contributed by atoms with Crippen molar-refractivity contribution in [3.8, 4) is 0 Å². The van der Waals surface area contributed by atoms with E-state index in [0.717, 1.165) is 6.42 Å². The molecule has 0 N–H and O–H groups in total. The van der Waals surface area contributed by atoms with Crippen LogP contribution in [0.1, 0.15) is 29.6 Å². The predicted octanol–water partition coefficient (Wildman–Crippen LogP) is 2.17. The Kier molecular flexibility index (Phi) is 6.73. The summed E-state index contributed by atoms with van der Waals surface area (Å²) >= 11 is 0. The lowest BCUT2D eigenvalue weighted by Crippen LogP contribution is -2.43. The molecular weight excluding hydrogens is 311 g/mol. The Hall–Kier alpha value is -1.95. The Morgan fingerprint density at radius 1 is 1.25 bits per heavy atom. The van der Waals surface area contributed by atoms with Crippen LogP contribution in [0.3, 0.4) is 0 Å². The second-order valence-corrected chi connectivity index (χ2v) is 6.18. The van der Waals surface area contributed by atoms with Gasteiger partial charge in [0.1, 0.15) is 5.82 Å². The third kappa shape index (κ3) is 4.77. The third-order valence-electron chi connectivity index (χ3n) is 4.44. The minimum absolute atomic E-state index is 0.0326. The van der Waals surface area contributed by atoms with Gasteiger partial charge in [-0.1, -0.05) is 0 Å². The standard InChI is InChI=1S/C18H25FN2O3/c1-20(10-3-13-24-2)17(22)15-8-11-21(12-9-15)18(23)14-4-6-16(19)7-5-14/h4-7,15H,3,8-13H2,1-2H3. The summed E-state index contributed by atoms with van der Waals surface area (Å²) in [7, 11) is 3.46. The van der Waals surface area contributed by atoms with Crippen LogP contribution in [0, 0.1) is 11.7 Å². The van der Waals surface area contributed by atoms with Crippen LogP contribution in [0.15, 0.2) is 24.3 Å². The van der Waals surface area contributed by atoms with Crippen molar-refractivity contribution in [2.75, 3.05) is 40.4 Å². The number of halogens is 1. The molecule has 1 aliphatic rings. The first-order valence-electron chi connectivity index (χ1n) is 8.31. The van der Waals surface area contributed by atoms with Gasteiger partial charge in [-0.3, -0.25) is 9.59 Å². The van der Waals surface area contributed by atoms with Crippen molar-refractivity contribution < 1.29 is 18.7 Å². The van der Waals surface area contributed by atoms with E-state index in [0.29, 0.717) is 44.6 Å². The van der Waals surface area contributed by atoms with Gasteiger partial charge in [0.15, 0.2) is 0 Å². The molecule has 1 aliphatic heterocycles. The molecule has 1 aromatic carbocycles. The first-order chi connectivity index (χ1) is 11.5. The van der Waals surface area contributed by atoms with Crippen molar-refractivity contribution in [1.29, 1.82) is 0 Å². The number of hydrogen-bond donors (Lipinski definition) is 0. The van der Waals surface area contributed by atoms with Crippen molar-refractivity contribution in [3.63, 3.8) is 0 Å². The normalized spacial score (nSPS) is 15.4. The van der Waals surface area contributed by atoms with E-state index >= 15 is 0 Å². The zero-order valence-corrected chi connectivity index (χ0v) is 14.3. The Morgan fingerprint density at radius 2 is 1.88 bits per heavy atom. The van der Waals surface area contributed by atoms with Crippen LogP contribution in [0.5, 0.6) is 0 Å². The zero-order valence-electron chi connectivity index (χ0n) is 14.3. The highest BCUT2D eigenvalue weighted by Crippen LogP contribution is 2.21. The fourth-order valence-electron chi connectivity index (χ4n) is 2.97. The molecule has 1 heterocycles. The molecule has 0 aliphatic carbocycles. The fourth-order valence-corrected chi connectivity index (χ4v) is 2.97. The topological polar surface area (TPSA) is 49.9 Å². The van der Waals surface area contributed by atoms with Crippen molar-refractivity contribution in [1.82, 2.24) is 9.80 Å². The highest BCUT2D eigenvalue weighted by molar-refractivity contribution is 5.94. The van der Waals surface area contributed by atoms with E-state index < -0.39 is 0 Å². The van der Waals surface area contributed by atoms with Crippen LogP contribution in [0.25, 0.3) is 0 Å². The number of likely N-dealkylation sites (tertiary alicyclic amines) is 1. The molecule has 2 rings (SSSR count). The number of hydrogen-bond acceptors (Lipinski definition) is 3. The number of nitrogens with zero attached hydrogens (tertiary/aromatic N) is 2. The van der Waals surface area contributed by atoms with Crippen LogP contribution in [-0.2, 0) is 9.53 Å². The summed E-state index contributed by atoms with van der Waals surface area (Å²) in [4.78, 5) is 28.3. The van der Waals surface area contributed by atoms with E-state index in [9.17, 15) is 14.0 Å². The number of methoxy groups -OCH3 is 1. The van der Waals surface area contributed by atoms with Gasteiger partial charge in [0.05, 0.1) is 0 Å². The van der Waals surface area contributed by atoms with E-state index in [1.54, 1.807) is 16.9 Å². The van der Waals surface area contributed by atoms with Crippen LogP contribution in [-0.4, -0.2) is 62.0 Å². The number of ether oxygens (including phenoxy) is 1. The van der Waals surface area contributed by atoms with E-state index in [1.165, 1.54) is 24.3 Å². The average Bonchev–Trinajstić information content (AvgIpc) is 2.61. The molecule has 0 aromatic heterocycles. The van der Waals surface area contributed by atoms with Gasteiger partial charge in [-0.2, -0.15) is 0 Å². The lowest BCUT2D eigenvalue weighted by atomic mass is 9.95. The van der Waals surface area contributed by atoms with Crippen LogP contribution in [0.4, 0.5) is 4.39 Å². The molecule has 1 saturated heterocycles. The Labute approximate surface area is 142 Å². The van der Waals surface area contributed by atoms with Gasteiger partial charge < -0.3 is 14.5 Å². The second kappa shape index (κ2) is 8.78. The number of amides is 2. The molecule has 5 nitrogen and oxygen atoms in total. The molecule has 0 bridgehead atoms. The second-order valence-electron chi connectivity index (χ2n) is 6.18. The van der Waals surface area contributed by atoms with Gasteiger partial charge in [0, 0.05) is 51.9 Å². The predicted molar refractivity (Wildman–Crippen MR) is 89.2 cm³/mol. The molecule has 0 saturated carbocycles. The van der Waals surface area contributed by atoms with Gasteiger partial charge >= 0.3 is 0 Å². The maximum atomic E-state index is 12.9. The number of carbonyl (C=O) groups excluding carboxylic acids is 2. The Morgan fingerprint density at radius 3 is 2.46 bits per heavy atom. The molecule has 0 unspecified atom stereocenters. The van der Waals surface area contributed by atoms with Crippen molar-refractivity contribution in [2.45, 2.75) is 19.3 Å². The van der Waals surface area contributed by atoms with Crippen molar-refractivity contribution in [2.24, 2.45) is 5.92 Å². The van der Waals surface area contributed by atoms with E-state index in [4.69, 9.17) is 4.74 Å². The summed E-state index contributed by atoms with van der Waals surface area (Å²) in [6.45, 7) is 2.43. The Balaban J connectivity index is 1.83. The van der Waals surface area contributed by atoms with Gasteiger partial charge in [-0.05, 0) is 43.5 Å². The molecule has 1 fully saturated rings. The maximum Gasteiger partial charge on any atom is 0.253 e. The molecule has 2 amide bonds. The highest BCUT2D eigenvalue weighted by atomic mass is 19.1. The smallest absolute Gasteiger partial charge is 0.253 e. The summed E-state index contributed by atoms with van der Waals surface area (Å²) in [5, 5.41) is 0. The van der Waals surface area contributed by atoms with Gasteiger partial charge in [-0.15, -0.1) is 0 Å². The summed E-state index contributed by atoms with van der Waals surface area (Å²) < 4.78 is 17.9.